The number of nitrogens with one attached hydrogen (secondary N) is 1. The van der Waals surface area contributed by atoms with Gasteiger partial charge < -0.3 is 34.4 Å². The highest BCUT2D eigenvalue weighted by Crippen LogP contribution is 2.28. The van der Waals surface area contributed by atoms with Crippen molar-refractivity contribution in [2.45, 2.75) is 70.9 Å². The lowest BCUT2D eigenvalue weighted by atomic mass is 9.90. The van der Waals surface area contributed by atoms with Gasteiger partial charge in [-0.05, 0) is 84.4 Å². The van der Waals surface area contributed by atoms with Crippen molar-refractivity contribution in [3.63, 3.8) is 0 Å². The Hall–Kier alpha value is -5.17. The standard InChI is InChI=1S/C40H50FN5O7/c1-27-6-10-34(47)24-38(49)53-39(28(2)7-13-36(27)52-40(50)42-25-30-8-11-35(51-4)12-9-30)29(3)20-31-21-32(41)23-33(22-31)44-16-18-45(19-17-44)37(48)26-46-15-5-14-43-46/h5,7-9,11-15,21-23,27-28,34,36,39,47H,3,6,10,16-20,24-26H2,1-2,4H3,(H,42,50)/b13-7+/t27-,28+,34-,36-,39+/m0/s1. The third-order valence-corrected chi connectivity index (χ3v) is 9.73. The molecule has 53 heavy (non-hydrogen) atoms. The van der Waals surface area contributed by atoms with Crippen LogP contribution in [0.5, 0.6) is 5.75 Å². The number of aliphatic hydroxyl groups excluding tert-OH is 1. The largest absolute Gasteiger partial charge is 0.497 e. The maximum Gasteiger partial charge on any atom is 0.408 e. The summed E-state index contributed by atoms with van der Waals surface area (Å²) in [5.41, 5.74) is 2.78. The highest BCUT2D eigenvalue weighted by molar-refractivity contribution is 5.76. The van der Waals surface area contributed by atoms with E-state index in [0.717, 1.165) is 11.3 Å². The Labute approximate surface area is 310 Å². The number of amides is 2. The van der Waals surface area contributed by atoms with Crippen LogP contribution < -0.4 is 15.0 Å². The Bertz CT molecular complexity index is 1720. The molecule has 1 aromatic heterocycles. The molecule has 0 spiro atoms. The summed E-state index contributed by atoms with van der Waals surface area (Å²) in [6, 6.07) is 13.9. The van der Waals surface area contributed by atoms with E-state index in [2.05, 4.69) is 17.0 Å². The van der Waals surface area contributed by atoms with Gasteiger partial charge in [-0.15, -0.1) is 0 Å². The van der Waals surface area contributed by atoms with Gasteiger partial charge in [0.05, 0.1) is 19.6 Å². The van der Waals surface area contributed by atoms with Crippen molar-refractivity contribution in [2.75, 3.05) is 38.2 Å². The van der Waals surface area contributed by atoms with E-state index >= 15 is 4.39 Å². The molecule has 0 aliphatic carbocycles. The Kier molecular flexibility index (Phi) is 13.7. The second-order valence-electron chi connectivity index (χ2n) is 13.9. The number of carbonyl (C=O) groups is 3. The van der Waals surface area contributed by atoms with Crippen molar-refractivity contribution in [1.29, 1.82) is 0 Å². The zero-order chi connectivity index (χ0) is 37.9. The lowest BCUT2D eigenvalue weighted by Gasteiger charge is -2.36. The summed E-state index contributed by atoms with van der Waals surface area (Å²) in [7, 11) is 1.59. The molecule has 2 N–H and O–H groups in total. The summed E-state index contributed by atoms with van der Waals surface area (Å²) in [5, 5.41) is 17.6. The SMILES string of the molecule is C=C(Cc1cc(F)cc(N2CCN(C(=O)Cn3cccn3)CC2)c1)[C@@H]1OC(=O)C[C@@H](O)CC[C@H](C)[C@@H](OC(=O)NCc2ccc(OC)cc2)/C=C/[C@H]1C. The van der Waals surface area contributed by atoms with Crippen molar-refractivity contribution in [3.8, 4) is 5.75 Å². The number of aliphatic hydroxyl groups is 1. The second kappa shape index (κ2) is 18.5. The van der Waals surface area contributed by atoms with E-state index in [4.69, 9.17) is 14.2 Å². The van der Waals surface area contributed by atoms with E-state index in [9.17, 15) is 19.5 Å². The molecule has 13 heteroatoms. The third kappa shape index (κ3) is 11.4. The molecule has 2 aromatic carbocycles. The van der Waals surface area contributed by atoms with Crippen molar-refractivity contribution in [2.24, 2.45) is 11.8 Å². The minimum Gasteiger partial charge on any atom is -0.497 e. The fraction of sp³-hybridized carbons (Fsp3) is 0.450. The van der Waals surface area contributed by atoms with Gasteiger partial charge in [-0.3, -0.25) is 14.3 Å². The molecule has 2 aliphatic heterocycles. The van der Waals surface area contributed by atoms with Crippen LogP contribution in [0.1, 0.15) is 44.2 Å². The van der Waals surface area contributed by atoms with Crippen LogP contribution in [0.25, 0.3) is 0 Å². The number of cyclic esters (lactones) is 1. The van der Waals surface area contributed by atoms with Crippen LogP contribution in [0.2, 0.25) is 0 Å². The van der Waals surface area contributed by atoms with Gasteiger partial charge in [0, 0.05) is 56.7 Å². The molecule has 0 radical (unpaired) electrons. The number of ether oxygens (including phenoxy) is 3. The molecule has 1 saturated heterocycles. The van der Waals surface area contributed by atoms with Crippen molar-refractivity contribution >= 4 is 23.7 Å². The first-order valence-corrected chi connectivity index (χ1v) is 18.1. The second-order valence-corrected chi connectivity index (χ2v) is 13.9. The normalized spacial score (nSPS) is 23.2. The van der Waals surface area contributed by atoms with Gasteiger partial charge >= 0.3 is 12.1 Å². The van der Waals surface area contributed by atoms with E-state index in [-0.39, 0.29) is 43.7 Å². The fourth-order valence-electron chi connectivity index (χ4n) is 6.61. The van der Waals surface area contributed by atoms with Crippen LogP contribution in [0.15, 0.2) is 85.2 Å². The summed E-state index contributed by atoms with van der Waals surface area (Å²) < 4.78 is 33.6. The smallest absolute Gasteiger partial charge is 0.408 e. The number of hydrogen-bond donors (Lipinski definition) is 2. The summed E-state index contributed by atoms with van der Waals surface area (Å²) in [6.45, 7) is 10.6. The number of esters is 1. The molecule has 284 valence electrons. The molecule has 0 saturated carbocycles. The summed E-state index contributed by atoms with van der Waals surface area (Å²) in [6.07, 6.45) is 4.97. The van der Waals surface area contributed by atoms with Crippen molar-refractivity contribution in [3.05, 3.63) is 102 Å². The first kappa shape index (κ1) is 39.0. The average Bonchev–Trinajstić information content (AvgIpc) is 3.66. The summed E-state index contributed by atoms with van der Waals surface area (Å²) >= 11 is 0. The van der Waals surface area contributed by atoms with Gasteiger partial charge in [0.15, 0.2) is 0 Å². The maximum atomic E-state index is 15.0. The van der Waals surface area contributed by atoms with Crippen LogP contribution in [0.3, 0.4) is 0 Å². The lowest BCUT2D eigenvalue weighted by Crippen LogP contribution is -2.49. The maximum absolute atomic E-state index is 15.0. The number of aromatic nitrogens is 2. The van der Waals surface area contributed by atoms with E-state index in [1.807, 2.05) is 55.2 Å². The molecule has 1 fully saturated rings. The predicted molar refractivity (Wildman–Crippen MR) is 198 cm³/mol. The topological polar surface area (TPSA) is 135 Å². The van der Waals surface area contributed by atoms with Crippen LogP contribution in [0.4, 0.5) is 14.9 Å². The third-order valence-electron chi connectivity index (χ3n) is 9.73. The first-order chi connectivity index (χ1) is 25.5. The van der Waals surface area contributed by atoms with Gasteiger partial charge in [0.1, 0.15) is 30.3 Å². The first-order valence-electron chi connectivity index (χ1n) is 18.1. The van der Waals surface area contributed by atoms with Crippen LogP contribution in [-0.4, -0.2) is 89.4 Å². The molecule has 12 nitrogen and oxygen atoms in total. The van der Waals surface area contributed by atoms with Crippen LogP contribution in [0, 0.1) is 17.7 Å². The molecular formula is C40H50FN5O7. The van der Waals surface area contributed by atoms with Gasteiger partial charge in [0.25, 0.3) is 0 Å². The van der Waals surface area contributed by atoms with Gasteiger partial charge in [0.2, 0.25) is 5.91 Å². The molecule has 2 aliphatic rings. The number of rotatable bonds is 10. The molecule has 3 heterocycles. The van der Waals surface area contributed by atoms with Crippen molar-refractivity contribution < 1.29 is 38.1 Å². The molecule has 2 amide bonds. The van der Waals surface area contributed by atoms with E-state index in [1.54, 1.807) is 41.2 Å². The summed E-state index contributed by atoms with van der Waals surface area (Å²) in [4.78, 5) is 42.5. The Morgan fingerprint density at radius 2 is 1.81 bits per heavy atom. The van der Waals surface area contributed by atoms with Gasteiger partial charge in [-0.2, -0.15) is 5.10 Å². The average molecular weight is 732 g/mol. The molecule has 0 bridgehead atoms. The molecule has 3 aromatic rings. The quantitative estimate of drug-likeness (QED) is 0.217. The lowest BCUT2D eigenvalue weighted by molar-refractivity contribution is -0.151. The Morgan fingerprint density at radius 3 is 2.51 bits per heavy atom. The summed E-state index contributed by atoms with van der Waals surface area (Å²) in [5.74, 6) is -0.805. The zero-order valence-electron chi connectivity index (χ0n) is 30.7. The van der Waals surface area contributed by atoms with E-state index < -0.39 is 36.2 Å². The van der Waals surface area contributed by atoms with Crippen LogP contribution >= 0.6 is 0 Å². The van der Waals surface area contributed by atoms with Crippen LogP contribution in [-0.2, 0) is 38.6 Å². The molecule has 5 atom stereocenters. The highest BCUT2D eigenvalue weighted by atomic mass is 19.1. The number of piperazine rings is 1. The molecule has 5 rings (SSSR count). The molecular weight excluding hydrogens is 681 g/mol. The zero-order valence-corrected chi connectivity index (χ0v) is 30.7. The number of halogens is 1. The molecule has 0 unspecified atom stereocenters. The number of alkyl carbamates (subject to hydrolysis) is 1. The van der Waals surface area contributed by atoms with Gasteiger partial charge in [-0.25, -0.2) is 9.18 Å². The van der Waals surface area contributed by atoms with E-state index in [1.165, 1.54) is 12.1 Å². The Morgan fingerprint density at radius 1 is 1.06 bits per heavy atom. The number of carbonyl (C=O) groups excluding carboxylic acids is 3. The number of anilines is 1. The monoisotopic (exact) mass is 731 g/mol. The fourth-order valence-corrected chi connectivity index (χ4v) is 6.61. The number of hydrogen-bond acceptors (Lipinski definition) is 9. The van der Waals surface area contributed by atoms with E-state index in [0.29, 0.717) is 55.8 Å². The minimum atomic E-state index is -0.936. The van der Waals surface area contributed by atoms with Gasteiger partial charge in [-0.1, -0.05) is 38.6 Å². The number of nitrogens with zero attached hydrogens (tertiary/aromatic N) is 4. The Balaban J connectivity index is 1.24. The highest BCUT2D eigenvalue weighted by Gasteiger charge is 2.29. The minimum absolute atomic E-state index is 0.0211. The van der Waals surface area contributed by atoms with Crippen molar-refractivity contribution in [1.82, 2.24) is 20.0 Å². The number of methoxy groups -OCH3 is 1. The predicted octanol–water partition coefficient (Wildman–Crippen LogP) is 5.06. The number of benzene rings is 2.